The van der Waals surface area contributed by atoms with Crippen LogP contribution in [0, 0.1) is 11.3 Å². The summed E-state index contributed by atoms with van der Waals surface area (Å²) < 4.78 is 0. The zero-order valence-electron chi connectivity index (χ0n) is 12.4. The number of nitrogens with one attached hydrogen (secondary N) is 1. The highest BCUT2D eigenvalue weighted by molar-refractivity contribution is 5.58. The second-order valence-electron chi connectivity index (χ2n) is 6.61. The van der Waals surface area contributed by atoms with Crippen LogP contribution in [0.4, 0.5) is 5.82 Å². The van der Waals surface area contributed by atoms with Crippen LogP contribution in [0.5, 0.6) is 0 Å². The number of pyridine rings is 1. The summed E-state index contributed by atoms with van der Waals surface area (Å²) in [4.78, 5) is 7.32. The molecule has 4 rings (SSSR count). The largest absolute Gasteiger partial charge is 0.351 e. The van der Waals surface area contributed by atoms with Gasteiger partial charge in [0.05, 0.1) is 5.56 Å². The minimum atomic E-state index is 0.562. The topological polar surface area (TPSA) is 52.0 Å². The van der Waals surface area contributed by atoms with Crippen molar-refractivity contribution in [3.63, 3.8) is 0 Å². The first-order valence-corrected chi connectivity index (χ1v) is 8.28. The second kappa shape index (κ2) is 5.31. The molecule has 1 saturated carbocycles. The van der Waals surface area contributed by atoms with Crippen LogP contribution in [0.25, 0.3) is 0 Å². The number of nitriles is 1. The Morgan fingerprint density at radius 2 is 2.19 bits per heavy atom. The summed E-state index contributed by atoms with van der Waals surface area (Å²) in [5.74, 6) is 0.953. The molecule has 1 aromatic heterocycles. The smallest absolute Gasteiger partial charge is 0.147 e. The van der Waals surface area contributed by atoms with Crippen LogP contribution < -0.4 is 10.2 Å². The fourth-order valence-corrected chi connectivity index (χ4v) is 3.71. The predicted molar refractivity (Wildman–Crippen MR) is 82.4 cm³/mol. The van der Waals surface area contributed by atoms with Gasteiger partial charge in [-0.2, -0.15) is 5.26 Å². The molecule has 2 fully saturated rings. The molecule has 1 saturated heterocycles. The van der Waals surface area contributed by atoms with Gasteiger partial charge in [-0.3, -0.25) is 0 Å². The Kier molecular flexibility index (Phi) is 3.31. The molecular formula is C17H22N4. The minimum Gasteiger partial charge on any atom is -0.351 e. The maximum atomic E-state index is 9.53. The van der Waals surface area contributed by atoms with Crippen molar-refractivity contribution in [3.8, 4) is 6.07 Å². The summed E-state index contributed by atoms with van der Waals surface area (Å²) in [5.41, 5.74) is 3.31. The van der Waals surface area contributed by atoms with Crippen molar-refractivity contribution in [1.82, 2.24) is 10.3 Å². The standard InChI is InChI=1S/C17H22N4/c18-10-13-9-12-3-1-5-16(12)20-17(13)21(15-6-7-15)11-14-4-2-8-19-14/h9,14-15,19H,1-8,11H2. The van der Waals surface area contributed by atoms with E-state index in [4.69, 9.17) is 4.98 Å². The highest BCUT2D eigenvalue weighted by Crippen LogP contribution is 2.35. The fraction of sp³-hybridized carbons (Fsp3) is 0.647. The first-order chi connectivity index (χ1) is 10.3. The van der Waals surface area contributed by atoms with Gasteiger partial charge >= 0.3 is 0 Å². The van der Waals surface area contributed by atoms with Gasteiger partial charge in [-0.1, -0.05) is 0 Å². The number of rotatable bonds is 4. The van der Waals surface area contributed by atoms with E-state index in [0.717, 1.165) is 37.3 Å². The Balaban J connectivity index is 1.66. The Hall–Kier alpha value is -1.60. The second-order valence-corrected chi connectivity index (χ2v) is 6.61. The molecule has 2 heterocycles. The first kappa shape index (κ1) is 13.1. The molecule has 4 nitrogen and oxygen atoms in total. The predicted octanol–water partition coefficient (Wildman–Crippen LogP) is 2.16. The van der Waals surface area contributed by atoms with Crippen molar-refractivity contribution >= 4 is 5.82 Å². The first-order valence-electron chi connectivity index (χ1n) is 8.28. The Morgan fingerprint density at radius 3 is 2.90 bits per heavy atom. The van der Waals surface area contributed by atoms with Gasteiger partial charge in [-0.25, -0.2) is 4.98 Å². The average Bonchev–Trinajstić information content (AvgIpc) is 3.02. The number of fused-ring (bicyclic) bond motifs is 1. The summed E-state index contributed by atoms with van der Waals surface area (Å²) in [6.45, 7) is 2.14. The van der Waals surface area contributed by atoms with Gasteiger partial charge in [0.25, 0.3) is 0 Å². The number of aryl methyl sites for hydroxylation is 2. The van der Waals surface area contributed by atoms with Crippen molar-refractivity contribution in [1.29, 1.82) is 5.26 Å². The van der Waals surface area contributed by atoms with E-state index in [0.29, 0.717) is 12.1 Å². The molecule has 0 radical (unpaired) electrons. The Labute approximate surface area is 126 Å². The lowest BCUT2D eigenvalue weighted by Gasteiger charge is -2.28. The molecule has 1 aliphatic heterocycles. The summed E-state index contributed by atoms with van der Waals surface area (Å²) in [5, 5.41) is 13.1. The van der Waals surface area contributed by atoms with Gasteiger partial charge in [0.2, 0.25) is 0 Å². The van der Waals surface area contributed by atoms with E-state index in [1.807, 2.05) is 0 Å². The summed E-state index contributed by atoms with van der Waals surface area (Å²) >= 11 is 0. The van der Waals surface area contributed by atoms with Crippen molar-refractivity contribution in [3.05, 3.63) is 22.9 Å². The third kappa shape index (κ3) is 2.51. The fourth-order valence-electron chi connectivity index (χ4n) is 3.71. The third-order valence-electron chi connectivity index (χ3n) is 4.99. The molecule has 0 bridgehead atoms. The quantitative estimate of drug-likeness (QED) is 0.919. The normalized spacial score (nSPS) is 23.9. The van der Waals surface area contributed by atoms with E-state index in [9.17, 15) is 5.26 Å². The van der Waals surface area contributed by atoms with Gasteiger partial charge in [0.15, 0.2) is 0 Å². The van der Waals surface area contributed by atoms with Gasteiger partial charge in [0, 0.05) is 24.3 Å². The molecule has 0 amide bonds. The van der Waals surface area contributed by atoms with Crippen LogP contribution in [0.1, 0.15) is 48.9 Å². The van der Waals surface area contributed by atoms with E-state index in [1.165, 1.54) is 43.4 Å². The van der Waals surface area contributed by atoms with Gasteiger partial charge < -0.3 is 10.2 Å². The number of aromatic nitrogens is 1. The molecule has 1 unspecified atom stereocenters. The zero-order valence-corrected chi connectivity index (χ0v) is 12.4. The molecule has 0 aromatic carbocycles. The number of anilines is 1. The molecule has 1 aromatic rings. The molecule has 110 valence electrons. The van der Waals surface area contributed by atoms with E-state index in [1.54, 1.807) is 0 Å². The molecule has 1 N–H and O–H groups in total. The highest BCUT2D eigenvalue weighted by atomic mass is 15.3. The average molecular weight is 282 g/mol. The lowest BCUT2D eigenvalue weighted by molar-refractivity contribution is 0.575. The molecule has 3 aliphatic rings. The van der Waals surface area contributed by atoms with Crippen LogP contribution >= 0.6 is 0 Å². The lowest BCUT2D eigenvalue weighted by atomic mass is 10.1. The summed E-state index contributed by atoms with van der Waals surface area (Å²) in [7, 11) is 0. The van der Waals surface area contributed by atoms with Crippen LogP contribution in [-0.2, 0) is 12.8 Å². The maximum Gasteiger partial charge on any atom is 0.147 e. The van der Waals surface area contributed by atoms with Gasteiger partial charge in [-0.15, -0.1) is 0 Å². The molecular weight excluding hydrogens is 260 g/mol. The molecule has 0 spiro atoms. The lowest BCUT2D eigenvalue weighted by Crippen LogP contribution is -2.39. The van der Waals surface area contributed by atoms with Crippen molar-refractivity contribution in [2.24, 2.45) is 0 Å². The zero-order chi connectivity index (χ0) is 14.2. The van der Waals surface area contributed by atoms with Crippen molar-refractivity contribution in [2.75, 3.05) is 18.0 Å². The number of hydrogen-bond acceptors (Lipinski definition) is 4. The summed E-state index contributed by atoms with van der Waals surface area (Å²) in [6, 6.07) is 5.65. The summed E-state index contributed by atoms with van der Waals surface area (Å²) in [6.07, 6.45) is 8.36. The molecule has 1 atom stereocenters. The maximum absolute atomic E-state index is 9.53. The SMILES string of the molecule is N#Cc1cc2c(nc1N(CC1CCCN1)C1CC1)CCC2. The van der Waals surface area contributed by atoms with Crippen LogP contribution in [0.3, 0.4) is 0 Å². The Morgan fingerprint density at radius 1 is 1.29 bits per heavy atom. The van der Waals surface area contributed by atoms with Gasteiger partial charge in [0.1, 0.15) is 11.9 Å². The van der Waals surface area contributed by atoms with E-state index in [2.05, 4.69) is 22.4 Å². The third-order valence-corrected chi connectivity index (χ3v) is 4.99. The van der Waals surface area contributed by atoms with Crippen LogP contribution in [0.15, 0.2) is 6.07 Å². The highest BCUT2D eigenvalue weighted by Gasteiger charge is 2.34. The molecule has 2 aliphatic carbocycles. The monoisotopic (exact) mass is 282 g/mol. The number of nitrogens with zero attached hydrogens (tertiary/aromatic N) is 3. The van der Waals surface area contributed by atoms with E-state index < -0.39 is 0 Å². The molecule has 4 heteroatoms. The van der Waals surface area contributed by atoms with E-state index in [-0.39, 0.29) is 0 Å². The Bertz CT molecular complexity index is 579. The number of hydrogen-bond donors (Lipinski definition) is 1. The van der Waals surface area contributed by atoms with Crippen LogP contribution in [0.2, 0.25) is 0 Å². The van der Waals surface area contributed by atoms with E-state index >= 15 is 0 Å². The van der Waals surface area contributed by atoms with Crippen LogP contribution in [-0.4, -0.2) is 30.2 Å². The minimum absolute atomic E-state index is 0.562. The molecule has 21 heavy (non-hydrogen) atoms. The van der Waals surface area contributed by atoms with Crippen molar-refractivity contribution in [2.45, 2.75) is 57.0 Å². The van der Waals surface area contributed by atoms with Gasteiger partial charge in [-0.05, 0) is 63.1 Å². The van der Waals surface area contributed by atoms with Crippen molar-refractivity contribution < 1.29 is 0 Å².